The molecule has 1 amide bonds. The van der Waals surface area contributed by atoms with Crippen LogP contribution in [0.1, 0.15) is 194 Å². The lowest BCUT2D eigenvalue weighted by atomic mass is 10.0. The summed E-state index contributed by atoms with van der Waals surface area (Å²) in [5.74, 6) is -0.508. The molecule has 0 rings (SSSR count). The monoisotopic (exact) mass is 692 g/mol. The van der Waals surface area contributed by atoms with Crippen molar-refractivity contribution in [3.63, 3.8) is 0 Å². The number of carbonyl (C=O) groups is 2. The lowest BCUT2D eigenvalue weighted by Gasteiger charge is -2.15. The summed E-state index contributed by atoms with van der Waals surface area (Å²) >= 11 is 0. The number of ether oxygens (including phenoxy) is 1. The molecular weight excluding hydrogens is 617 g/mol. The topological polar surface area (TPSA) is 131 Å². The lowest BCUT2D eigenvalue weighted by molar-refractivity contribution is -0.147. The first-order valence-corrected chi connectivity index (χ1v) is 21.0. The maximum Gasteiger partial charge on any atom is 0.472 e. The van der Waals surface area contributed by atoms with Crippen LogP contribution in [0.3, 0.4) is 0 Å². The van der Waals surface area contributed by atoms with Gasteiger partial charge in [0.1, 0.15) is 12.7 Å². The fourth-order valence-corrected chi connectivity index (χ4v) is 6.31. The molecule has 2 atom stereocenters. The van der Waals surface area contributed by atoms with Crippen LogP contribution in [0.25, 0.3) is 0 Å². The Morgan fingerprint density at radius 2 is 0.957 bits per heavy atom. The van der Waals surface area contributed by atoms with Crippen LogP contribution in [-0.4, -0.2) is 54.3 Å². The number of hydrogen-bond acceptors (Lipinski definition) is 7. The molecule has 0 heterocycles. The summed E-state index contributed by atoms with van der Waals surface area (Å²) in [6.07, 6.45) is 31.7. The minimum Gasteiger partial charge on any atom is -0.463 e. The van der Waals surface area contributed by atoms with Crippen molar-refractivity contribution < 1.29 is 37.9 Å². The van der Waals surface area contributed by atoms with Gasteiger partial charge in [-0.15, -0.1) is 0 Å². The van der Waals surface area contributed by atoms with Crippen molar-refractivity contribution in [3.8, 4) is 0 Å². The number of amides is 1. The van der Waals surface area contributed by atoms with Crippen LogP contribution in [0.15, 0.2) is 0 Å². The highest BCUT2D eigenvalue weighted by atomic mass is 31.2. The van der Waals surface area contributed by atoms with E-state index in [4.69, 9.17) is 13.8 Å². The first kappa shape index (κ1) is 46.0. The molecule has 0 saturated heterocycles. The number of phosphoric ester groups is 1. The van der Waals surface area contributed by atoms with Crippen LogP contribution in [-0.2, 0) is 27.9 Å². The van der Waals surface area contributed by atoms with E-state index in [0.717, 1.165) is 38.5 Å². The van der Waals surface area contributed by atoms with Gasteiger partial charge in [-0.05, 0) is 12.8 Å². The lowest BCUT2D eigenvalue weighted by Crippen LogP contribution is -2.27. The molecule has 2 unspecified atom stereocenters. The number of esters is 1. The van der Waals surface area contributed by atoms with Crippen LogP contribution < -0.4 is 5.32 Å². The van der Waals surface area contributed by atoms with Gasteiger partial charge < -0.3 is 20.1 Å². The molecule has 0 saturated carbocycles. The Hall–Kier alpha value is -0.990. The van der Waals surface area contributed by atoms with Crippen molar-refractivity contribution >= 4 is 19.7 Å². The van der Waals surface area contributed by atoms with Gasteiger partial charge in [-0.3, -0.25) is 18.6 Å². The summed E-state index contributed by atoms with van der Waals surface area (Å²) in [7, 11) is -4.40. The van der Waals surface area contributed by atoms with Crippen LogP contribution in [0.4, 0.5) is 0 Å². The smallest absolute Gasteiger partial charge is 0.463 e. The Morgan fingerprint density at radius 1 is 0.574 bits per heavy atom. The van der Waals surface area contributed by atoms with Gasteiger partial charge in [0.25, 0.3) is 0 Å². The third-order valence-corrected chi connectivity index (χ3v) is 9.52. The minimum atomic E-state index is -4.40. The zero-order valence-corrected chi connectivity index (χ0v) is 31.4. The fraction of sp³-hybridized carbons (Fsp3) is 0.946. The van der Waals surface area contributed by atoms with Crippen molar-refractivity contribution in [2.24, 2.45) is 0 Å². The zero-order chi connectivity index (χ0) is 34.7. The maximum atomic E-state index is 12.0. The number of hydrogen-bond donors (Lipinski definition) is 3. The molecule has 47 heavy (non-hydrogen) atoms. The van der Waals surface area contributed by atoms with Gasteiger partial charge in [-0.2, -0.15) is 0 Å². The predicted molar refractivity (Wildman–Crippen MR) is 192 cm³/mol. The van der Waals surface area contributed by atoms with Crippen molar-refractivity contribution in [3.05, 3.63) is 0 Å². The number of phosphoric acid groups is 1. The Kier molecular flexibility index (Phi) is 34.1. The summed E-state index contributed by atoms with van der Waals surface area (Å²) in [6.45, 7) is 3.56. The summed E-state index contributed by atoms with van der Waals surface area (Å²) in [6, 6.07) is 0. The van der Waals surface area contributed by atoms with E-state index in [9.17, 15) is 24.2 Å². The first-order chi connectivity index (χ1) is 22.8. The third kappa shape index (κ3) is 36.1. The molecule has 0 aromatic rings. The Balaban J connectivity index is 3.59. The minimum absolute atomic E-state index is 0.0879. The Bertz CT molecular complexity index is 754. The van der Waals surface area contributed by atoms with Crippen molar-refractivity contribution in [2.75, 3.05) is 26.4 Å². The number of nitrogens with one attached hydrogen (secondary N) is 1. The number of unbranched alkanes of at least 4 members (excludes halogenated alkanes) is 24. The average Bonchev–Trinajstić information content (AvgIpc) is 3.05. The Labute approximate surface area is 288 Å². The van der Waals surface area contributed by atoms with E-state index in [1.165, 1.54) is 128 Å². The van der Waals surface area contributed by atoms with Gasteiger partial charge in [0.05, 0.1) is 13.2 Å². The molecule has 0 aliphatic heterocycles. The van der Waals surface area contributed by atoms with Crippen molar-refractivity contribution in [1.29, 1.82) is 0 Å². The molecule has 0 fully saturated rings. The predicted octanol–water partition coefficient (Wildman–Crippen LogP) is 10.1. The molecule has 0 aliphatic rings. The first-order valence-electron chi connectivity index (χ1n) is 19.5. The van der Waals surface area contributed by atoms with E-state index in [0.29, 0.717) is 6.42 Å². The molecule has 0 spiro atoms. The largest absolute Gasteiger partial charge is 0.472 e. The average molecular weight is 692 g/mol. The van der Waals surface area contributed by atoms with Gasteiger partial charge in [-0.1, -0.05) is 168 Å². The van der Waals surface area contributed by atoms with Gasteiger partial charge in [0.2, 0.25) is 5.91 Å². The second-order valence-corrected chi connectivity index (χ2v) is 14.7. The summed E-state index contributed by atoms with van der Waals surface area (Å²) < 4.78 is 26.8. The number of rotatable bonds is 37. The molecule has 0 aromatic carbocycles. The van der Waals surface area contributed by atoms with Gasteiger partial charge >= 0.3 is 13.8 Å². The molecule has 280 valence electrons. The second kappa shape index (κ2) is 34.9. The molecular formula is C37H74NO8P. The normalized spacial score (nSPS) is 13.4. The van der Waals surface area contributed by atoms with Crippen LogP contribution >= 0.6 is 7.82 Å². The zero-order valence-electron chi connectivity index (χ0n) is 30.5. The van der Waals surface area contributed by atoms with Crippen molar-refractivity contribution in [2.45, 2.75) is 200 Å². The quantitative estimate of drug-likeness (QED) is 0.0333. The number of carbonyl (C=O) groups excluding carboxylic acids is 2. The molecule has 9 nitrogen and oxygen atoms in total. The van der Waals surface area contributed by atoms with Gasteiger partial charge in [0, 0.05) is 19.4 Å². The van der Waals surface area contributed by atoms with E-state index in [1.807, 2.05) is 0 Å². The molecule has 0 radical (unpaired) electrons. The van der Waals surface area contributed by atoms with Crippen molar-refractivity contribution in [1.82, 2.24) is 5.32 Å². The summed E-state index contributed by atoms with van der Waals surface area (Å²) in [5, 5.41) is 12.6. The molecule has 0 bridgehead atoms. The van der Waals surface area contributed by atoms with Crippen LogP contribution in [0, 0.1) is 0 Å². The molecule has 0 aromatic heterocycles. The van der Waals surface area contributed by atoms with E-state index < -0.39 is 26.5 Å². The van der Waals surface area contributed by atoms with E-state index in [1.54, 1.807) is 0 Å². The van der Waals surface area contributed by atoms with Gasteiger partial charge in [0.15, 0.2) is 0 Å². The molecule has 3 N–H and O–H groups in total. The van der Waals surface area contributed by atoms with Gasteiger partial charge in [-0.25, -0.2) is 4.57 Å². The SMILES string of the molecule is CCCCCCCCCCCCCCCCC(=O)NCCOP(=O)(O)OCC(O)COC(=O)CCCCCCCCCCCCCC. The van der Waals surface area contributed by atoms with Crippen LogP contribution in [0.2, 0.25) is 0 Å². The standard InChI is InChI=1S/C37H74NO8P/c1-3-5-7-9-11-13-15-17-18-19-21-23-25-27-29-36(40)38-31-32-45-47(42,43)46-34-35(39)33-44-37(41)30-28-26-24-22-20-16-14-12-10-8-6-4-2/h35,39H,3-34H2,1-2H3,(H,38,40)(H,42,43). The number of aliphatic hydroxyl groups is 1. The highest BCUT2D eigenvalue weighted by Crippen LogP contribution is 2.42. The van der Waals surface area contributed by atoms with E-state index in [2.05, 4.69) is 19.2 Å². The maximum absolute atomic E-state index is 12.0. The second-order valence-electron chi connectivity index (χ2n) is 13.3. The fourth-order valence-electron chi connectivity index (χ4n) is 5.56. The highest BCUT2D eigenvalue weighted by molar-refractivity contribution is 7.47. The summed E-state index contributed by atoms with van der Waals surface area (Å²) in [5.41, 5.74) is 0. The number of aliphatic hydroxyl groups excluding tert-OH is 1. The molecule has 10 heteroatoms. The Morgan fingerprint density at radius 3 is 1.38 bits per heavy atom. The van der Waals surface area contributed by atoms with E-state index in [-0.39, 0.29) is 32.1 Å². The highest BCUT2D eigenvalue weighted by Gasteiger charge is 2.23. The third-order valence-electron chi connectivity index (χ3n) is 8.54. The van der Waals surface area contributed by atoms with Crippen LogP contribution in [0.5, 0.6) is 0 Å². The summed E-state index contributed by atoms with van der Waals surface area (Å²) in [4.78, 5) is 33.7. The van der Waals surface area contributed by atoms with E-state index >= 15 is 0 Å². The molecule has 0 aliphatic carbocycles.